The molecule has 196 valence electrons. The molecule has 0 saturated heterocycles. The minimum Gasteiger partial charge on any atom is -0.493 e. The largest absolute Gasteiger partial charge is 0.493 e. The highest BCUT2D eigenvalue weighted by Crippen LogP contribution is 2.39. The second kappa shape index (κ2) is 14.6. The van der Waals surface area contributed by atoms with E-state index in [9.17, 15) is 14.4 Å². The predicted molar refractivity (Wildman–Crippen MR) is 144 cm³/mol. The minimum absolute atomic E-state index is 0.111. The van der Waals surface area contributed by atoms with Crippen molar-refractivity contribution in [2.75, 3.05) is 7.11 Å². The normalized spacial score (nSPS) is 14.4. The lowest BCUT2D eigenvalue weighted by molar-refractivity contribution is -0.151. The van der Waals surface area contributed by atoms with Crippen molar-refractivity contribution in [3.63, 3.8) is 0 Å². The van der Waals surface area contributed by atoms with Crippen LogP contribution in [0.25, 0.3) is 0 Å². The number of hydrogen-bond donors (Lipinski definition) is 1. The van der Waals surface area contributed by atoms with E-state index in [1.807, 2.05) is 67.6 Å². The van der Waals surface area contributed by atoms with Crippen LogP contribution in [0.4, 0.5) is 0 Å². The van der Waals surface area contributed by atoms with Gasteiger partial charge in [-0.1, -0.05) is 48.5 Å². The third kappa shape index (κ3) is 8.64. The van der Waals surface area contributed by atoms with Gasteiger partial charge in [-0.25, -0.2) is 4.79 Å². The molecular formula is C28H32N2O6S. The van der Waals surface area contributed by atoms with E-state index in [2.05, 4.69) is 17.0 Å². The van der Waals surface area contributed by atoms with Crippen molar-refractivity contribution in [1.29, 1.82) is 0 Å². The number of thioether (sulfide) groups is 1. The van der Waals surface area contributed by atoms with Crippen LogP contribution in [-0.4, -0.2) is 43.8 Å². The number of nitrogens with one attached hydrogen (secondary N) is 1. The van der Waals surface area contributed by atoms with Crippen LogP contribution in [0, 0.1) is 0 Å². The molecular weight excluding hydrogens is 492 g/mol. The first-order chi connectivity index (χ1) is 17.7. The van der Waals surface area contributed by atoms with Crippen LogP contribution in [0.5, 0.6) is 0 Å². The Morgan fingerprint density at radius 3 is 2.14 bits per heavy atom. The summed E-state index contributed by atoms with van der Waals surface area (Å²) in [5, 5.41) is 2.35. The highest BCUT2D eigenvalue weighted by Gasteiger charge is 2.29. The molecule has 0 spiro atoms. The van der Waals surface area contributed by atoms with Gasteiger partial charge >= 0.3 is 11.9 Å². The minimum atomic E-state index is -1.03. The van der Waals surface area contributed by atoms with E-state index in [0.717, 1.165) is 10.5 Å². The first-order valence-electron chi connectivity index (χ1n) is 11.6. The van der Waals surface area contributed by atoms with Crippen molar-refractivity contribution in [2.24, 2.45) is 4.99 Å². The third-order valence-electron chi connectivity index (χ3n) is 5.10. The zero-order valence-corrected chi connectivity index (χ0v) is 22.4. The SMILES string of the molecule is C=N/C(C(=O)N[C@@H](C)C(=O)O[C@@H](C)[C@H](Sc1ccccc1)c1ccccc1)=C(OC(C)=O)\C(=C/C)OC. The van der Waals surface area contributed by atoms with Crippen LogP contribution in [-0.2, 0) is 28.6 Å². The zero-order valence-electron chi connectivity index (χ0n) is 21.6. The molecule has 37 heavy (non-hydrogen) atoms. The monoisotopic (exact) mass is 524 g/mol. The molecule has 8 nitrogen and oxygen atoms in total. The van der Waals surface area contributed by atoms with Gasteiger partial charge in [0.2, 0.25) is 5.76 Å². The Hall–Kier alpha value is -3.85. The van der Waals surface area contributed by atoms with Gasteiger partial charge in [0, 0.05) is 11.8 Å². The van der Waals surface area contributed by atoms with Crippen LogP contribution >= 0.6 is 11.8 Å². The van der Waals surface area contributed by atoms with Crippen molar-refractivity contribution in [1.82, 2.24) is 5.32 Å². The van der Waals surface area contributed by atoms with E-state index in [1.165, 1.54) is 27.0 Å². The number of methoxy groups -OCH3 is 1. The summed E-state index contributed by atoms with van der Waals surface area (Å²) in [5.74, 6) is -2.18. The molecule has 0 aromatic heterocycles. The standard InChI is InChI=1S/C28H32N2O6S/c1-7-23(34-6)25(36-20(4)31)24(29-5)27(32)30-18(2)28(33)35-19(3)26(21-14-10-8-11-15-21)37-22-16-12-9-13-17-22/h7-19,26H,5H2,1-4,6H3,(H,30,32)/b23-7+,25-24+/t18-,19-,26-/m0/s1. The van der Waals surface area contributed by atoms with E-state index in [-0.39, 0.29) is 22.5 Å². The number of rotatable bonds is 12. The lowest BCUT2D eigenvalue weighted by Gasteiger charge is -2.26. The lowest BCUT2D eigenvalue weighted by Crippen LogP contribution is -2.42. The van der Waals surface area contributed by atoms with Crippen LogP contribution in [0.2, 0.25) is 0 Å². The van der Waals surface area contributed by atoms with Gasteiger partial charge in [-0.2, -0.15) is 0 Å². The molecule has 9 heteroatoms. The summed E-state index contributed by atoms with van der Waals surface area (Å²) in [6, 6.07) is 18.5. The van der Waals surface area contributed by atoms with Gasteiger partial charge in [-0.15, -0.1) is 11.8 Å². The molecule has 2 aromatic carbocycles. The Bertz CT molecular complexity index is 1150. The number of ether oxygens (including phenoxy) is 3. The first kappa shape index (κ1) is 29.4. The topological polar surface area (TPSA) is 103 Å². The Labute approximate surface area is 221 Å². The Morgan fingerprint density at radius 1 is 1.03 bits per heavy atom. The van der Waals surface area contributed by atoms with Crippen molar-refractivity contribution < 1.29 is 28.6 Å². The summed E-state index contributed by atoms with van der Waals surface area (Å²) in [5.41, 5.74) is 0.693. The molecule has 0 fully saturated rings. The number of hydrogen-bond acceptors (Lipinski definition) is 8. The number of carbonyl (C=O) groups excluding carboxylic acids is 3. The summed E-state index contributed by atoms with van der Waals surface area (Å²) in [6.45, 7) is 9.52. The van der Waals surface area contributed by atoms with Crippen LogP contribution < -0.4 is 5.32 Å². The maximum absolute atomic E-state index is 13.0. The number of aliphatic imine (C=N–C) groups is 1. The van der Waals surface area contributed by atoms with E-state index in [0.29, 0.717) is 0 Å². The number of benzene rings is 2. The molecule has 0 aliphatic carbocycles. The van der Waals surface area contributed by atoms with Gasteiger partial charge in [0.25, 0.3) is 5.91 Å². The molecule has 0 aliphatic heterocycles. The number of amides is 1. The van der Waals surface area contributed by atoms with Crippen molar-refractivity contribution in [3.8, 4) is 0 Å². The molecule has 0 unspecified atom stereocenters. The number of nitrogens with zero attached hydrogens (tertiary/aromatic N) is 1. The molecule has 0 heterocycles. The Balaban J connectivity index is 2.20. The van der Waals surface area contributed by atoms with Gasteiger partial charge in [-0.05, 0) is 51.3 Å². The van der Waals surface area contributed by atoms with Crippen LogP contribution in [0.1, 0.15) is 38.5 Å². The van der Waals surface area contributed by atoms with Gasteiger partial charge in [0.05, 0.1) is 12.4 Å². The van der Waals surface area contributed by atoms with Crippen LogP contribution in [0.15, 0.2) is 93.8 Å². The molecule has 1 amide bonds. The molecule has 0 saturated carbocycles. The van der Waals surface area contributed by atoms with E-state index < -0.39 is 30.0 Å². The summed E-state index contributed by atoms with van der Waals surface area (Å²) in [6.07, 6.45) is 0.983. The summed E-state index contributed by atoms with van der Waals surface area (Å²) in [4.78, 5) is 42.2. The quantitative estimate of drug-likeness (QED) is 0.104. The smallest absolute Gasteiger partial charge is 0.328 e. The molecule has 3 atom stereocenters. The summed E-state index contributed by atoms with van der Waals surface area (Å²) in [7, 11) is 1.36. The fourth-order valence-corrected chi connectivity index (χ4v) is 4.49. The average Bonchev–Trinajstić information content (AvgIpc) is 2.89. The average molecular weight is 525 g/mol. The third-order valence-corrected chi connectivity index (χ3v) is 6.56. The summed E-state index contributed by atoms with van der Waals surface area (Å²) >= 11 is 1.58. The van der Waals surface area contributed by atoms with Crippen molar-refractivity contribution >= 4 is 36.3 Å². The highest BCUT2D eigenvalue weighted by molar-refractivity contribution is 7.99. The number of allylic oxidation sites excluding steroid dienone is 1. The highest BCUT2D eigenvalue weighted by atomic mass is 32.2. The van der Waals surface area contributed by atoms with Gasteiger partial charge < -0.3 is 19.5 Å². The zero-order chi connectivity index (χ0) is 27.4. The summed E-state index contributed by atoms with van der Waals surface area (Å²) < 4.78 is 16.1. The van der Waals surface area contributed by atoms with E-state index >= 15 is 0 Å². The maximum Gasteiger partial charge on any atom is 0.328 e. The second-order valence-corrected chi connectivity index (χ2v) is 9.10. The fraction of sp³-hybridized carbons (Fsp3) is 0.286. The van der Waals surface area contributed by atoms with Crippen LogP contribution in [0.3, 0.4) is 0 Å². The molecule has 1 N–H and O–H groups in total. The molecule has 0 bridgehead atoms. The van der Waals surface area contributed by atoms with Gasteiger partial charge in [0.15, 0.2) is 11.5 Å². The number of carbonyl (C=O) groups is 3. The molecule has 2 aromatic rings. The van der Waals surface area contributed by atoms with Gasteiger partial charge in [0.1, 0.15) is 12.1 Å². The molecule has 0 radical (unpaired) electrons. The Kier molecular flexibility index (Phi) is 11.6. The maximum atomic E-state index is 13.0. The van der Waals surface area contributed by atoms with E-state index in [4.69, 9.17) is 14.2 Å². The molecule has 0 aliphatic rings. The second-order valence-electron chi connectivity index (χ2n) is 7.89. The predicted octanol–water partition coefficient (Wildman–Crippen LogP) is 4.98. The Morgan fingerprint density at radius 2 is 1.62 bits per heavy atom. The number of esters is 2. The molecule has 2 rings (SSSR count). The first-order valence-corrected chi connectivity index (χ1v) is 12.5. The van der Waals surface area contributed by atoms with Crippen molar-refractivity contribution in [3.05, 3.63) is 89.5 Å². The fourth-order valence-electron chi connectivity index (χ4n) is 3.34. The lowest BCUT2D eigenvalue weighted by atomic mass is 10.1. The van der Waals surface area contributed by atoms with E-state index in [1.54, 1.807) is 18.7 Å². The van der Waals surface area contributed by atoms with Gasteiger partial charge in [-0.3, -0.25) is 14.6 Å². The van der Waals surface area contributed by atoms with Crippen molar-refractivity contribution in [2.45, 2.75) is 50.0 Å².